The van der Waals surface area contributed by atoms with Crippen molar-refractivity contribution in [2.24, 2.45) is 28.1 Å². The molecular weight excluding hydrogens is 648 g/mol. The van der Waals surface area contributed by atoms with Gasteiger partial charge in [-0.2, -0.15) is 0 Å². The normalized spacial score (nSPS) is 35.8. The third-order valence-corrected chi connectivity index (χ3v) is 11.1. The molecule has 3 aliphatic rings. The summed E-state index contributed by atoms with van der Waals surface area (Å²) in [6, 6.07) is 15.8. The molecule has 2 aromatic carbocycles. The molecular formula is C38H44O12. The first-order chi connectivity index (χ1) is 23.5. The second-order valence-corrected chi connectivity index (χ2v) is 14.5. The van der Waals surface area contributed by atoms with Crippen LogP contribution in [0.1, 0.15) is 68.2 Å². The highest BCUT2D eigenvalue weighted by molar-refractivity contribution is 5.97. The van der Waals surface area contributed by atoms with E-state index in [1.165, 1.54) is 37.3 Å². The minimum Gasteiger partial charge on any atom is -0.459 e. The molecule has 2 unspecified atom stereocenters. The fraction of sp³-hybridized carbons (Fsp3) is 0.500. The number of fused-ring (bicyclic) bond motifs is 3. The zero-order valence-corrected chi connectivity index (χ0v) is 28.7. The van der Waals surface area contributed by atoms with Crippen LogP contribution in [-0.2, 0) is 33.3 Å². The Kier molecular flexibility index (Phi) is 9.87. The number of rotatable bonds is 8. The molecule has 0 aromatic heterocycles. The van der Waals surface area contributed by atoms with Crippen molar-refractivity contribution in [3.05, 3.63) is 84.4 Å². The van der Waals surface area contributed by atoms with E-state index in [1.807, 2.05) is 0 Å². The highest BCUT2D eigenvalue weighted by atomic mass is 16.6. The molecule has 5 rings (SSSR count). The molecule has 0 spiro atoms. The van der Waals surface area contributed by atoms with E-state index >= 15 is 0 Å². The molecule has 10 atom stereocenters. The first-order valence-electron chi connectivity index (χ1n) is 16.5. The number of benzene rings is 2. The maximum atomic E-state index is 14.7. The quantitative estimate of drug-likeness (QED) is 0.209. The minimum atomic E-state index is -2.67. The monoisotopic (exact) mass is 692 g/mol. The van der Waals surface area contributed by atoms with Crippen LogP contribution in [0.5, 0.6) is 0 Å². The van der Waals surface area contributed by atoms with E-state index in [0.717, 1.165) is 13.8 Å². The summed E-state index contributed by atoms with van der Waals surface area (Å²) in [6.45, 7) is 10.0. The number of ketones is 1. The largest absolute Gasteiger partial charge is 0.459 e. The third-order valence-electron chi connectivity index (χ3n) is 11.1. The Morgan fingerprint density at radius 3 is 1.84 bits per heavy atom. The molecule has 3 aliphatic carbocycles. The highest BCUT2D eigenvalue weighted by Gasteiger charge is 2.79. The topological polar surface area (TPSA) is 183 Å². The lowest BCUT2D eigenvalue weighted by atomic mass is 9.38. The van der Waals surface area contributed by atoms with Gasteiger partial charge in [0.2, 0.25) is 0 Å². The molecule has 0 bridgehead atoms. The fourth-order valence-electron chi connectivity index (χ4n) is 8.97. The molecule has 12 nitrogen and oxygen atoms in total. The Bertz CT molecular complexity index is 1660. The first-order valence-corrected chi connectivity index (χ1v) is 16.5. The van der Waals surface area contributed by atoms with Crippen molar-refractivity contribution >= 4 is 29.7 Å². The summed E-state index contributed by atoms with van der Waals surface area (Å²) in [5.41, 5.74) is -7.22. The third kappa shape index (κ3) is 5.82. The number of carbonyl (C=O) groups excluding carboxylic acids is 5. The van der Waals surface area contributed by atoms with Gasteiger partial charge < -0.3 is 34.3 Å². The summed E-state index contributed by atoms with van der Waals surface area (Å²) in [4.78, 5) is 67.3. The van der Waals surface area contributed by atoms with Crippen molar-refractivity contribution < 1.29 is 58.2 Å². The maximum absolute atomic E-state index is 14.7. The second-order valence-electron chi connectivity index (χ2n) is 14.5. The first kappa shape index (κ1) is 36.9. The van der Waals surface area contributed by atoms with Gasteiger partial charge in [0, 0.05) is 37.0 Å². The molecule has 3 fully saturated rings. The standard InChI is InChI=1S/C38H44O12/c1-7-36(6)19-25(49-32(43)23-14-10-8-11-15-23)29-37(20-39)26(18-27(47-21(2)40)38(29,46)34(36)45)35(4,5)30(48-22(3)41)28(42)31(37)50-33(44)24-16-12-9-13-17-24/h7-17,25-31,39,42,46H,1,18-20H2,2-6H3/t25-,26?,27-,28+,29?,30-,31+,36+,37+,38+/m1/s1. The van der Waals surface area contributed by atoms with Crippen LogP contribution < -0.4 is 0 Å². The number of hydrogen-bond acceptors (Lipinski definition) is 12. The second kappa shape index (κ2) is 13.4. The van der Waals surface area contributed by atoms with E-state index in [1.54, 1.807) is 50.2 Å². The van der Waals surface area contributed by atoms with Crippen molar-refractivity contribution in [3.63, 3.8) is 0 Å². The van der Waals surface area contributed by atoms with Gasteiger partial charge in [0.1, 0.15) is 30.5 Å². The van der Waals surface area contributed by atoms with Crippen LogP contribution in [0.2, 0.25) is 0 Å². The van der Waals surface area contributed by atoms with Crippen LogP contribution in [0, 0.1) is 28.1 Å². The van der Waals surface area contributed by atoms with Crippen molar-refractivity contribution in [1.82, 2.24) is 0 Å². The molecule has 3 saturated carbocycles. The van der Waals surface area contributed by atoms with Gasteiger partial charge in [-0.15, -0.1) is 6.58 Å². The van der Waals surface area contributed by atoms with Crippen LogP contribution in [0.3, 0.4) is 0 Å². The van der Waals surface area contributed by atoms with Crippen LogP contribution in [0.15, 0.2) is 73.3 Å². The number of allylic oxidation sites excluding steroid dienone is 1. The van der Waals surface area contributed by atoms with Gasteiger partial charge in [-0.25, -0.2) is 9.59 Å². The molecule has 50 heavy (non-hydrogen) atoms. The molecule has 0 amide bonds. The van der Waals surface area contributed by atoms with Crippen LogP contribution >= 0.6 is 0 Å². The van der Waals surface area contributed by atoms with Gasteiger partial charge in [-0.05, 0) is 43.5 Å². The van der Waals surface area contributed by atoms with Crippen LogP contribution in [0.4, 0.5) is 0 Å². The van der Waals surface area contributed by atoms with Gasteiger partial charge in [-0.3, -0.25) is 14.4 Å². The lowest BCUT2D eigenvalue weighted by Gasteiger charge is -2.69. The molecule has 0 heterocycles. The van der Waals surface area contributed by atoms with E-state index in [9.17, 15) is 39.3 Å². The smallest absolute Gasteiger partial charge is 0.338 e. The zero-order chi connectivity index (χ0) is 36.8. The predicted octanol–water partition coefficient (Wildman–Crippen LogP) is 3.21. The summed E-state index contributed by atoms with van der Waals surface area (Å²) < 4.78 is 23.7. The number of ether oxygens (including phenoxy) is 4. The van der Waals surface area contributed by atoms with Crippen molar-refractivity contribution in [2.75, 3.05) is 6.61 Å². The van der Waals surface area contributed by atoms with E-state index in [-0.39, 0.29) is 24.0 Å². The molecule has 12 heteroatoms. The number of aliphatic hydroxyl groups is 3. The number of esters is 4. The Morgan fingerprint density at radius 2 is 1.36 bits per heavy atom. The minimum absolute atomic E-state index is 0.0908. The average Bonchev–Trinajstić information content (AvgIpc) is 3.08. The van der Waals surface area contributed by atoms with E-state index < -0.39 is 100 Å². The summed E-state index contributed by atoms with van der Waals surface area (Å²) in [5, 5.41) is 36.8. The van der Waals surface area contributed by atoms with E-state index in [0.29, 0.717) is 0 Å². The fourth-order valence-corrected chi connectivity index (χ4v) is 8.97. The number of Topliss-reactive ketones (excluding diaryl/α,β-unsaturated/α-hetero) is 1. The van der Waals surface area contributed by atoms with Crippen molar-refractivity contribution in [3.8, 4) is 0 Å². The Balaban J connectivity index is 1.80. The maximum Gasteiger partial charge on any atom is 0.338 e. The molecule has 0 radical (unpaired) electrons. The average molecular weight is 693 g/mol. The van der Waals surface area contributed by atoms with Crippen LogP contribution in [-0.4, -0.2) is 87.7 Å². The SMILES string of the molecule is C=C[C@@]1(C)C[C@@H](OC(=O)c2ccccc2)C2[C@]3(CO)C(C[C@@H](OC(C)=O)[C@@]2(O)C1=O)C(C)(C)[C@H](OC(C)=O)[C@H](O)[C@@H]3OC(=O)c1ccccc1. The number of aliphatic hydroxyl groups excluding tert-OH is 2. The molecule has 3 N–H and O–H groups in total. The molecule has 0 saturated heterocycles. The predicted molar refractivity (Wildman–Crippen MR) is 176 cm³/mol. The van der Waals surface area contributed by atoms with Gasteiger partial charge >= 0.3 is 23.9 Å². The molecule has 0 aliphatic heterocycles. The summed E-state index contributed by atoms with van der Waals surface area (Å²) in [7, 11) is 0. The highest BCUT2D eigenvalue weighted by Crippen LogP contribution is 2.67. The molecule has 268 valence electrons. The number of hydrogen-bond donors (Lipinski definition) is 3. The van der Waals surface area contributed by atoms with Gasteiger partial charge in [0.05, 0.1) is 23.1 Å². The Labute approximate surface area is 290 Å². The van der Waals surface area contributed by atoms with Gasteiger partial charge in [0.25, 0.3) is 0 Å². The van der Waals surface area contributed by atoms with Crippen molar-refractivity contribution in [2.45, 2.75) is 83.6 Å². The van der Waals surface area contributed by atoms with E-state index in [4.69, 9.17) is 18.9 Å². The summed E-state index contributed by atoms with van der Waals surface area (Å²) >= 11 is 0. The summed E-state index contributed by atoms with van der Waals surface area (Å²) in [5.74, 6) is -6.77. The lowest BCUT2D eigenvalue weighted by Crippen LogP contribution is -2.82. The summed E-state index contributed by atoms with van der Waals surface area (Å²) in [6.07, 6.45) is -7.10. The lowest BCUT2D eigenvalue weighted by molar-refractivity contribution is -0.324. The molecule has 2 aromatic rings. The van der Waals surface area contributed by atoms with Gasteiger partial charge in [-0.1, -0.05) is 56.3 Å². The zero-order valence-electron chi connectivity index (χ0n) is 28.7. The van der Waals surface area contributed by atoms with Crippen molar-refractivity contribution in [1.29, 1.82) is 0 Å². The van der Waals surface area contributed by atoms with Gasteiger partial charge in [0.15, 0.2) is 11.4 Å². The number of carbonyl (C=O) groups is 5. The van der Waals surface area contributed by atoms with E-state index in [2.05, 4.69) is 6.58 Å². The Hall–Kier alpha value is -4.39. The Morgan fingerprint density at radius 1 is 0.840 bits per heavy atom. The van der Waals surface area contributed by atoms with Crippen LogP contribution in [0.25, 0.3) is 0 Å².